The number of carbonyl (C=O) groups is 1. The molecule has 0 aliphatic heterocycles. The second-order valence-electron chi connectivity index (χ2n) is 7.53. The average molecular weight is 341 g/mol. The number of fused-ring (bicyclic) bond motifs is 1. The lowest BCUT2D eigenvalue weighted by Crippen LogP contribution is -2.32. The van der Waals surface area contributed by atoms with E-state index in [1.165, 1.54) is 18.2 Å². The fraction of sp³-hybridized carbons (Fsp3) is 0.381. The second kappa shape index (κ2) is 6.03. The summed E-state index contributed by atoms with van der Waals surface area (Å²) in [5.74, 6) is -0.386. The molecular weight excluding hydrogens is 320 g/mol. The van der Waals surface area contributed by atoms with Gasteiger partial charge >= 0.3 is 0 Å². The van der Waals surface area contributed by atoms with E-state index in [1.54, 1.807) is 12.1 Å². The minimum Gasteiger partial charge on any atom is -0.309 e. The Morgan fingerprint density at radius 2 is 1.80 bits per heavy atom. The number of ketones is 1. The number of rotatable bonds is 2. The lowest BCUT2D eigenvalue weighted by atomic mass is 9.71. The molecule has 0 aromatic heterocycles. The molecule has 0 fully saturated rings. The highest BCUT2D eigenvalue weighted by atomic mass is 19.1. The SMILES string of the molecule is CN(C)CC1CCc2cc(F)cc3c2C1Cc1cc(F)ccc1C3=O. The summed E-state index contributed by atoms with van der Waals surface area (Å²) in [5.41, 5.74) is 3.64. The van der Waals surface area contributed by atoms with Crippen molar-refractivity contribution in [1.29, 1.82) is 0 Å². The number of benzene rings is 2. The van der Waals surface area contributed by atoms with E-state index >= 15 is 0 Å². The molecule has 0 saturated heterocycles. The van der Waals surface area contributed by atoms with E-state index in [1.807, 2.05) is 14.1 Å². The summed E-state index contributed by atoms with van der Waals surface area (Å²) in [6.45, 7) is 0.903. The summed E-state index contributed by atoms with van der Waals surface area (Å²) in [6.07, 6.45) is 2.37. The number of hydrogen-bond acceptors (Lipinski definition) is 2. The number of halogens is 2. The Balaban J connectivity index is 1.93. The van der Waals surface area contributed by atoms with Crippen molar-refractivity contribution in [2.45, 2.75) is 25.2 Å². The molecule has 4 rings (SSSR count). The van der Waals surface area contributed by atoms with Gasteiger partial charge in [0.2, 0.25) is 0 Å². The van der Waals surface area contributed by atoms with E-state index in [0.717, 1.165) is 36.1 Å². The van der Waals surface area contributed by atoms with Gasteiger partial charge in [-0.05, 0) is 92.2 Å². The molecule has 2 unspecified atom stereocenters. The van der Waals surface area contributed by atoms with Gasteiger partial charge in [-0.3, -0.25) is 4.79 Å². The van der Waals surface area contributed by atoms with Gasteiger partial charge in [-0.1, -0.05) is 0 Å². The topological polar surface area (TPSA) is 20.3 Å². The second-order valence-corrected chi connectivity index (χ2v) is 7.53. The van der Waals surface area contributed by atoms with Crippen molar-refractivity contribution in [3.8, 4) is 0 Å². The normalized spacial score (nSPS) is 21.7. The molecule has 2 aliphatic rings. The van der Waals surface area contributed by atoms with Gasteiger partial charge in [0.15, 0.2) is 5.78 Å². The van der Waals surface area contributed by atoms with Gasteiger partial charge in [-0.2, -0.15) is 0 Å². The molecule has 0 N–H and O–H groups in total. The van der Waals surface area contributed by atoms with E-state index in [4.69, 9.17) is 0 Å². The Bertz CT molecular complexity index is 859. The fourth-order valence-corrected chi connectivity index (χ4v) is 4.58. The van der Waals surface area contributed by atoms with Gasteiger partial charge in [-0.25, -0.2) is 8.78 Å². The highest BCUT2D eigenvalue weighted by Crippen LogP contribution is 2.44. The molecule has 2 atom stereocenters. The smallest absolute Gasteiger partial charge is 0.193 e. The van der Waals surface area contributed by atoms with Crippen LogP contribution in [0.25, 0.3) is 0 Å². The van der Waals surface area contributed by atoms with Crippen molar-refractivity contribution in [2.75, 3.05) is 20.6 Å². The maximum Gasteiger partial charge on any atom is 0.193 e. The van der Waals surface area contributed by atoms with Crippen LogP contribution in [0.2, 0.25) is 0 Å². The Morgan fingerprint density at radius 3 is 2.56 bits per heavy atom. The minimum absolute atomic E-state index is 0.119. The summed E-state index contributed by atoms with van der Waals surface area (Å²) >= 11 is 0. The van der Waals surface area contributed by atoms with E-state index < -0.39 is 0 Å². The minimum atomic E-state index is -0.363. The molecule has 0 amide bonds. The lowest BCUT2D eigenvalue weighted by molar-refractivity contribution is 0.103. The van der Waals surface area contributed by atoms with Crippen LogP contribution in [-0.2, 0) is 12.8 Å². The third-order valence-corrected chi connectivity index (χ3v) is 5.55. The molecule has 130 valence electrons. The number of aryl methyl sites for hydroxylation is 1. The van der Waals surface area contributed by atoms with Crippen LogP contribution in [-0.4, -0.2) is 31.3 Å². The van der Waals surface area contributed by atoms with Gasteiger partial charge in [0, 0.05) is 17.7 Å². The van der Waals surface area contributed by atoms with Crippen molar-refractivity contribution in [2.24, 2.45) is 5.92 Å². The summed E-state index contributed by atoms with van der Waals surface area (Å²) in [7, 11) is 4.08. The maximum absolute atomic E-state index is 14.1. The monoisotopic (exact) mass is 341 g/mol. The third kappa shape index (κ3) is 2.78. The summed E-state index contributed by atoms with van der Waals surface area (Å²) in [4.78, 5) is 15.2. The Morgan fingerprint density at radius 1 is 1.04 bits per heavy atom. The van der Waals surface area contributed by atoms with Crippen LogP contribution in [0.5, 0.6) is 0 Å². The fourth-order valence-electron chi connectivity index (χ4n) is 4.58. The molecule has 0 heterocycles. The van der Waals surface area contributed by atoms with E-state index in [-0.39, 0.29) is 23.3 Å². The average Bonchev–Trinajstić information content (AvgIpc) is 2.66. The zero-order chi connectivity index (χ0) is 17.7. The van der Waals surface area contributed by atoms with Crippen molar-refractivity contribution < 1.29 is 13.6 Å². The first-order valence-electron chi connectivity index (χ1n) is 8.74. The van der Waals surface area contributed by atoms with Gasteiger partial charge in [0.05, 0.1) is 0 Å². The first kappa shape index (κ1) is 16.4. The van der Waals surface area contributed by atoms with Crippen LogP contribution in [0, 0.1) is 17.6 Å². The molecule has 2 aliphatic carbocycles. The van der Waals surface area contributed by atoms with Crippen LogP contribution in [0.1, 0.15) is 45.0 Å². The molecule has 2 aromatic rings. The van der Waals surface area contributed by atoms with Crippen molar-refractivity contribution in [3.63, 3.8) is 0 Å². The van der Waals surface area contributed by atoms with Crippen molar-refractivity contribution in [1.82, 2.24) is 4.90 Å². The highest BCUT2D eigenvalue weighted by molar-refractivity contribution is 6.11. The lowest BCUT2D eigenvalue weighted by Gasteiger charge is -2.35. The summed E-state index contributed by atoms with van der Waals surface area (Å²) in [5, 5.41) is 0. The van der Waals surface area contributed by atoms with Crippen LogP contribution in [0.4, 0.5) is 8.78 Å². The molecule has 2 nitrogen and oxygen atoms in total. The molecule has 0 saturated carbocycles. The first-order chi connectivity index (χ1) is 11.9. The Kier molecular flexibility index (Phi) is 3.95. The van der Waals surface area contributed by atoms with Gasteiger partial charge in [-0.15, -0.1) is 0 Å². The third-order valence-electron chi connectivity index (χ3n) is 5.55. The number of hydrogen-bond donors (Lipinski definition) is 0. The van der Waals surface area contributed by atoms with Crippen LogP contribution in [0.15, 0.2) is 30.3 Å². The van der Waals surface area contributed by atoms with E-state index in [2.05, 4.69) is 4.90 Å². The predicted octanol–water partition coefficient (Wildman–Crippen LogP) is 3.96. The quantitative estimate of drug-likeness (QED) is 0.824. The van der Waals surface area contributed by atoms with Crippen LogP contribution in [0.3, 0.4) is 0 Å². The van der Waals surface area contributed by atoms with Crippen molar-refractivity contribution in [3.05, 3.63) is 69.8 Å². The van der Waals surface area contributed by atoms with Crippen molar-refractivity contribution >= 4 is 5.78 Å². The van der Waals surface area contributed by atoms with Gasteiger partial charge in [0.25, 0.3) is 0 Å². The zero-order valence-electron chi connectivity index (χ0n) is 14.5. The number of nitrogens with zero attached hydrogens (tertiary/aromatic N) is 1. The molecular formula is C21H21F2NO. The largest absolute Gasteiger partial charge is 0.309 e. The van der Waals surface area contributed by atoms with Gasteiger partial charge in [0.1, 0.15) is 11.6 Å². The molecule has 0 spiro atoms. The van der Waals surface area contributed by atoms with Gasteiger partial charge < -0.3 is 4.90 Å². The predicted molar refractivity (Wildman–Crippen MR) is 93.0 cm³/mol. The zero-order valence-corrected chi connectivity index (χ0v) is 14.5. The van der Waals surface area contributed by atoms with Crippen LogP contribution >= 0.6 is 0 Å². The molecule has 4 heteroatoms. The number of carbonyl (C=O) groups excluding carboxylic acids is 1. The van der Waals surface area contributed by atoms with E-state index in [9.17, 15) is 13.6 Å². The molecule has 2 aromatic carbocycles. The maximum atomic E-state index is 14.1. The first-order valence-corrected chi connectivity index (χ1v) is 8.74. The molecule has 0 bridgehead atoms. The summed E-state index contributed by atoms with van der Waals surface area (Å²) < 4.78 is 27.9. The summed E-state index contributed by atoms with van der Waals surface area (Å²) in [6, 6.07) is 7.26. The van der Waals surface area contributed by atoms with E-state index in [0.29, 0.717) is 23.5 Å². The molecule has 25 heavy (non-hydrogen) atoms. The molecule has 0 radical (unpaired) electrons. The highest BCUT2D eigenvalue weighted by Gasteiger charge is 2.37. The Labute approximate surface area is 146 Å². The standard InChI is InChI=1S/C21H21F2NO/c1-24(2)11-13-4-3-12-7-16(23)10-19-20(12)18(13)9-14-8-15(22)5-6-17(14)21(19)25/h5-8,10,13,18H,3-4,9,11H2,1-2H3. The van der Waals surface area contributed by atoms with Crippen LogP contribution < -0.4 is 0 Å². The Hall–Kier alpha value is -2.07.